The van der Waals surface area contributed by atoms with E-state index in [9.17, 15) is 17.9 Å². The van der Waals surface area contributed by atoms with Gasteiger partial charge in [0.15, 0.2) is 9.84 Å². The molecule has 3 nitrogen and oxygen atoms in total. The van der Waals surface area contributed by atoms with Crippen molar-refractivity contribution in [3.8, 4) is 0 Å². The van der Waals surface area contributed by atoms with E-state index in [1.54, 1.807) is 6.07 Å². The van der Waals surface area contributed by atoms with Crippen LogP contribution in [0.2, 0.25) is 0 Å². The molecule has 1 fully saturated rings. The molecule has 0 bridgehead atoms. The molecule has 1 saturated heterocycles. The maximum atomic E-state index is 13.6. The van der Waals surface area contributed by atoms with Gasteiger partial charge in [0.2, 0.25) is 0 Å². The third-order valence-electron chi connectivity index (χ3n) is 3.00. The van der Waals surface area contributed by atoms with Crippen LogP contribution < -0.4 is 0 Å². The number of benzene rings is 1. The third-order valence-corrected chi connectivity index (χ3v) is 5.28. The van der Waals surface area contributed by atoms with Crippen molar-refractivity contribution < 1.29 is 17.9 Å². The normalized spacial score (nSPS) is 24.8. The Kier molecular flexibility index (Phi) is 3.56. The van der Waals surface area contributed by atoms with Crippen molar-refractivity contribution in [3.63, 3.8) is 0 Å². The molecule has 6 heteroatoms. The summed E-state index contributed by atoms with van der Waals surface area (Å²) in [7, 11) is -3.06. The van der Waals surface area contributed by atoms with E-state index in [0.717, 1.165) is 0 Å². The van der Waals surface area contributed by atoms with Crippen LogP contribution >= 0.6 is 15.9 Å². The second-order valence-corrected chi connectivity index (χ2v) is 7.42. The van der Waals surface area contributed by atoms with Gasteiger partial charge < -0.3 is 5.11 Å². The fraction of sp³-hybridized carbons (Fsp3) is 0.455. The molecule has 0 aromatic heterocycles. The SMILES string of the molecule is O=S1(=O)CCC(C(O)c2ccc(Br)cc2F)C1. The van der Waals surface area contributed by atoms with Gasteiger partial charge in [-0.3, -0.25) is 0 Å². The van der Waals surface area contributed by atoms with Crippen molar-refractivity contribution in [2.75, 3.05) is 11.5 Å². The molecule has 2 unspecified atom stereocenters. The molecule has 0 amide bonds. The number of halogens is 2. The van der Waals surface area contributed by atoms with Crippen molar-refractivity contribution in [2.24, 2.45) is 5.92 Å². The molecule has 0 spiro atoms. The van der Waals surface area contributed by atoms with Gasteiger partial charge >= 0.3 is 0 Å². The average molecular weight is 323 g/mol. The zero-order valence-electron chi connectivity index (χ0n) is 8.94. The topological polar surface area (TPSA) is 54.4 Å². The minimum atomic E-state index is -3.06. The van der Waals surface area contributed by atoms with E-state index in [0.29, 0.717) is 10.9 Å². The highest BCUT2D eigenvalue weighted by Crippen LogP contribution is 2.33. The van der Waals surface area contributed by atoms with Gasteiger partial charge in [-0.25, -0.2) is 12.8 Å². The van der Waals surface area contributed by atoms with Gasteiger partial charge in [0.1, 0.15) is 5.82 Å². The van der Waals surface area contributed by atoms with E-state index in [2.05, 4.69) is 15.9 Å². The molecule has 1 aromatic rings. The van der Waals surface area contributed by atoms with Gasteiger partial charge in [-0.15, -0.1) is 0 Å². The van der Waals surface area contributed by atoms with Crippen LogP contribution in [-0.2, 0) is 9.84 Å². The molecular weight excluding hydrogens is 311 g/mol. The zero-order chi connectivity index (χ0) is 12.6. The molecule has 1 heterocycles. The van der Waals surface area contributed by atoms with Gasteiger partial charge in [0.25, 0.3) is 0 Å². The lowest BCUT2D eigenvalue weighted by Crippen LogP contribution is -2.15. The van der Waals surface area contributed by atoms with Gasteiger partial charge in [-0.2, -0.15) is 0 Å². The quantitative estimate of drug-likeness (QED) is 0.906. The highest BCUT2D eigenvalue weighted by Gasteiger charge is 2.34. The predicted octanol–water partition coefficient (Wildman–Crippen LogP) is 2.06. The minimum absolute atomic E-state index is 0.0658. The molecule has 2 rings (SSSR count). The van der Waals surface area contributed by atoms with Crippen LogP contribution in [0.4, 0.5) is 4.39 Å². The number of aliphatic hydroxyl groups excluding tert-OH is 1. The van der Waals surface area contributed by atoms with Crippen LogP contribution in [0.5, 0.6) is 0 Å². The standard InChI is InChI=1S/C11H12BrFO3S/c12-8-1-2-9(10(13)5-8)11(14)7-3-4-17(15,16)6-7/h1-2,5,7,11,14H,3-4,6H2. The smallest absolute Gasteiger partial charge is 0.150 e. The molecule has 94 valence electrons. The predicted molar refractivity (Wildman–Crippen MR) is 65.8 cm³/mol. The van der Waals surface area contributed by atoms with E-state index in [4.69, 9.17) is 0 Å². The Bertz CT molecular complexity index is 530. The van der Waals surface area contributed by atoms with Crippen molar-refractivity contribution in [3.05, 3.63) is 34.1 Å². The molecule has 1 N–H and O–H groups in total. The maximum Gasteiger partial charge on any atom is 0.150 e. The van der Waals surface area contributed by atoms with Crippen LogP contribution in [0.25, 0.3) is 0 Å². The summed E-state index contributed by atoms with van der Waals surface area (Å²) in [5, 5.41) is 10.0. The Morgan fingerprint density at radius 3 is 2.71 bits per heavy atom. The Morgan fingerprint density at radius 1 is 1.47 bits per heavy atom. The molecule has 1 aromatic carbocycles. The summed E-state index contributed by atoms with van der Waals surface area (Å²) in [4.78, 5) is 0. The number of hydrogen-bond donors (Lipinski definition) is 1. The number of aliphatic hydroxyl groups is 1. The van der Waals surface area contributed by atoms with Crippen molar-refractivity contribution in [2.45, 2.75) is 12.5 Å². The molecule has 17 heavy (non-hydrogen) atoms. The van der Waals surface area contributed by atoms with Crippen LogP contribution in [0.15, 0.2) is 22.7 Å². The van der Waals surface area contributed by atoms with Gasteiger partial charge in [0.05, 0.1) is 17.6 Å². The summed E-state index contributed by atoms with van der Waals surface area (Å²) in [6.07, 6.45) is -0.667. The van der Waals surface area contributed by atoms with Gasteiger partial charge in [-0.05, 0) is 18.6 Å². The van der Waals surface area contributed by atoms with Gasteiger partial charge in [-0.1, -0.05) is 22.0 Å². The van der Waals surface area contributed by atoms with Crippen LogP contribution in [0, 0.1) is 11.7 Å². The van der Waals surface area contributed by atoms with Crippen molar-refractivity contribution in [1.82, 2.24) is 0 Å². The first-order chi connectivity index (χ1) is 7.89. The van der Waals surface area contributed by atoms with Crippen molar-refractivity contribution in [1.29, 1.82) is 0 Å². The molecule has 2 atom stereocenters. The Labute approximate surface area is 108 Å². The van der Waals surface area contributed by atoms with E-state index >= 15 is 0 Å². The fourth-order valence-electron chi connectivity index (χ4n) is 2.07. The first-order valence-corrected chi connectivity index (χ1v) is 7.84. The van der Waals surface area contributed by atoms with E-state index in [-0.39, 0.29) is 17.1 Å². The van der Waals surface area contributed by atoms with E-state index in [1.807, 2.05) is 0 Å². The first-order valence-electron chi connectivity index (χ1n) is 5.22. The summed E-state index contributed by atoms with van der Waals surface area (Å²) in [6.45, 7) is 0. The van der Waals surface area contributed by atoms with E-state index < -0.39 is 27.7 Å². The van der Waals surface area contributed by atoms with Crippen LogP contribution in [0.1, 0.15) is 18.1 Å². The molecule has 1 aliphatic rings. The highest BCUT2D eigenvalue weighted by molar-refractivity contribution is 9.10. The van der Waals surface area contributed by atoms with Crippen LogP contribution in [-0.4, -0.2) is 25.0 Å². The Hall–Kier alpha value is -0.460. The number of rotatable bonds is 2. The summed E-state index contributed by atoms with van der Waals surface area (Å²) < 4.78 is 36.8. The third kappa shape index (κ3) is 2.86. The summed E-state index contributed by atoms with van der Waals surface area (Å²) in [5.41, 5.74) is 0.162. The zero-order valence-corrected chi connectivity index (χ0v) is 11.3. The largest absolute Gasteiger partial charge is 0.388 e. The number of sulfone groups is 1. The second-order valence-electron chi connectivity index (χ2n) is 4.27. The first kappa shape index (κ1) is 13.0. The number of hydrogen-bond acceptors (Lipinski definition) is 3. The highest BCUT2D eigenvalue weighted by atomic mass is 79.9. The van der Waals surface area contributed by atoms with Crippen molar-refractivity contribution >= 4 is 25.8 Å². The lowest BCUT2D eigenvalue weighted by Gasteiger charge is -2.17. The molecule has 0 radical (unpaired) electrons. The van der Waals surface area contributed by atoms with E-state index in [1.165, 1.54) is 12.1 Å². The molecular formula is C11H12BrFO3S. The van der Waals surface area contributed by atoms with Crippen LogP contribution in [0.3, 0.4) is 0 Å². The average Bonchev–Trinajstić information content (AvgIpc) is 2.58. The maximum absolute atomic E-state index is 13.6. The van der Waals surface area contributed by atoms with Gasteiger partial charge in [0, 0.05) is 16.0 Å². The fourth-order valence-corrected chi connectivity index (χ4v) is 4.23. The molecule has 1 aliphatic heterocycles. The lowest BCUT2D eigenvalue weighted by molar-refractivity contribution is 0.117. The summed E-state index contributed by atoms with van der Waals surface area (Å²) in [5.74, 6) is -0.914. The lowest BCUT2D eigenvalue weighted by atomic mass is 9.95. The molecule has 0 saturated carbocycles. The summed E-state index contributed by atoms with van der Waals surface area (Å²) >= 11 is 3.13. The minimum Gasteiger partial charge on any atom is -0.388 e. The Morgan fingerprint density at radius 2 is 2.18 bits per heavy atom. The monoisotopic (exact) mass is 322 g/mol. The Balaban J connectivity index is 2.23. The molecule has 0 aliphatic carbocycles. The second kappa shape index (κ2) is 4.66. The summed E-state index contributed by atoms with van der Waals surface area (Å²) in [6, 6.07) is 4.38.